The lowest BCUT2D eigenvalue weighted by molar-refractivity contribution is 0.0782. The monoisotopic (exact) mass is 417 g/mol. The van der Waals surface area contributed by atoms with E-state index in [1.807, 2.05) is 37.3 Å². The summed E-state index contributed by atoms with van der Waals surface area (Å²) in [6.45, 7) is 2.74. The number of benzene rings is 2. The van der Waals surface area contributed by atoms with Gasteiger partial charge in [-0.05, 0) is 42.3 Å². The predicted molar refractivity (Wildman–Crippen MR) is 111 cm³/mol. The van der Waals surface area contributed by atoms with Crippen molar-refractivity contribution >= 4 is 29.1 Å². The van der Waals surface area contributed by atoms with Crippen LogP contribution in [0.4, 0.5) is 0 Å². The minimum atomic E-state index is -0.0912. The van der Waals surface area contributed by atoms with Gasteiger partial charge in [0.15, 0.2) is 0 Å². The van der Waals surface area contributed by atoms with Crippen molar-refractivity contribution in [2.24, 2.45) is 7.05 Å². The largest absolute Gasteiger partial charge is 0.487 e. The summed E-state index contributed by atoms with van der Waals surface area (Å²) in [7, 11) is 3.54. The average Bonchev–Trinajstić information content (AvgIpc) is 3.00. The Balaban J connectivity index is 1.63. The Morgan fingerprint density at radius 2 is 1.86 bits per heavy atom. The SMILES string of the molecule is Cc1ccc(Cl)c(OCc2ccc(C(=O)N(C)Cc3c(Cl)cnn3C)cc2)c1. The van der Waals surface area contributed by atoms with Crippen LogP contribution < -0.4 is 4.74 Å². The van der Waals surface area contributed by atoms with E-state index in [0.717, 1.165) is 16.8 Å². The van der Waals surface area contributed by atoms with Crippen molar-refractivity contribution in [1.82, 2.24) is 14.7 Å². The van der Waals surface area contributed by atoms with E-state index >= 15 is 0 Å². The topological polar surface area (TPSA) is 47.4 Å². The molecule has 0 unspecified atom stereocenters. The van der Waals surface area contributed by atoms with Gasteiger partial charge in [0, 0.05) is 19.7 Å². The molecule has 1 heterocycles. The van der Waals surface area contributed by atoms with E-state index in [4.69, 9.17) is 27.9 Å². The molecular formula is C21H21Cl2N3O2. The fourth-order valence-electron chi connectivity index (χ4n) is 2.76. The van der Waals surface area contributed by atoms with Gasteiger partial charge in [-0.25, -0.2) is 0 Å². The quantitative estimate of drug-likeness (QED) is 0.573. The fourth-order valence-corrected chi connectivity index (χ4v) is 3.15. The van der Waals surface area contributed by atoms with Crippen LogP contribution >= 0.6 is 23.2 Å². The maximum absolute atomic E-state index is 12.7. The van der Waals surface area contributed by atoms with Crippen LogP contribution in [0, 0.1) is 6.92 Å². The molecule has 0 aliphatic heterocycles. The Hall–Kier alpha value is -2.50. The Labute approximate surface area is 174 Å². The summed E-state index contributed by atoms with van der Waals surface area (Å²) >= 11 is 12.3. The maximum Gasteiger partial charge on any atom is 0.253 e. The van der Waals surface area contributed by atoms with Crippen molar-refractivity contribution in [3.05, 3.63) is 81.1 Å². The smallest absolute Gasteiger partial charge is 0.253 e. The number of aryl methyl sites for hydroxylation is 2. The summed E-state index contributed by atoms with van der Waals surface area (Å²) in [4.78, 5) is 14.3. The molecule has 0 fully saturated rings. The van der Waals surface area contributed by atoms with Crippen LogP contribution in [-0.4, -0.2) is 27.6 Å². The molecule has 7 heteroatoms. The Morgan fingerprint density at radius 1 is 1.14 bits per heavy atom. The first kappa shape index (κ1) is 20.2. The lowest BCUT2D eigenvalue weighted by Crippen LogP contribution is -2.27. The summed E-state index contributed by atoms with van der Waals surface area (Å²) in [5.41, 5.74) is 3.42. The lowest BCUT2D eigenvalue weighted by atomic mass is 10.1. The first-order chi connectivity index (χ1) is 13.3. The molecule has 1 aromatic heterocycles. The molecule has 0 saturated heterocycles. The molecule has 0 aliphatic rings. The highest BCUT2D eigenvalue weighted by atomic mass is 35.5. The zero-order valence-corrected chi connectivity index (χ0v) is 17.5. The third kappa shape index (κ3) is 4.66. The van der Waals surface area contributed by atoms with Crippen LogP contribution in [0.3, 0.4) is 0 Å². The number of hydrogen-bond donors (Lipinski definition) is 0. The first-order valence-corrected chi connectivity index (χ1v) is 9.50. The first-order valence-electron chi connectivity index (χ1n) is 8.75. The third-order valence-corrected chi connectivity index (χ3v) is 5.05. The van der Waals surface area contributed by atoms with Crippen molar-refractivity contribution in [1.29, 1.82) is 0 Å². The molecule has 3 rings (SSSR count). The van der Waals surface area contributed by atoms with Crippen molar-refractivity contribution in [3.8, 4) is 5.75 Å². The second kappa shape index (κ2) is 8.67. The molecule has 0 saturated carbocycles. The van der Waals surface area contributed by atoms with Gasteiger partial charge < -0.3 is 9.64 Å². The summed E-state index contributed by atoms with van der Waals surface area (Å²) < 4.78 is 7.47. The molecule has 3 aromatic rings. The molecule has 0 spiro atoms. The van der Waals surface area contributed by atoms with Gasteiger partial charge >= 0.3 is 0 Å². The molecule has 5 nitrogen and oxygen atoms in total. The molecule has 2 aromatic carbocycles. The van der Waals surface area contributed by atoms with Crippen molar-refractivity contribution in [3.63, 3.8) is 0 Å². The molecule has 0 bridgehead atoms. The molecule has 0 atom stereocenters. The highest BCUT2D eigenvalue weighted by Gasteiger charge is 2.16. The number of carbonyl (C=O) groups is 1. The van der Waals surface area contributed by atoms with Crippen LogP contribution in [0.25, 0.3) is 0 Å². The van der Waals surface area contributed by atoms with E-state index in [0.29, 0.717) is 34.5 Å². The van der Waals surface area contributed by atoms with Crippen molar-refractivity contribution in [2.75, 3.05) is 7.05 Å². The standard InChI is InChI=1S/C21H21Cl2N3O2/c1-14-4-9-17(22)20(10-14)28-13-15-5-7-16(8-6-15)21(27)25(2)12-19-18(23)11-24-26(19)3/h4-11H,12-13H2,1-3H3. The molecule has 0 radical (unpaired) electrons. The minimum absolute atomic E-state index is 0.0912. The molecular weight excluding hydrogens is 397 g/mol. The predicted octanol–water partition coefficient (Wildman–Crippen LogP) is 4.89. The number of carbonyl (C=O) groups excluding carboxylic acids is 1. The molecule has 146 valence electrons. The van der Waals surface area contributed by atoms with Gasteiger partial charge in [0.25, 0.3) is 5.91 Å². The van der Waals surface area contributed by atoms with Gasteiger partial charge in [0.1, 0.15) is 12.4 Å². The van der Waals surface area contributed by atoms with E-state index in [1.54, 1.807) is 42.0 Å². The summed E-state index contributed by atoms with van der Waals surface area (Å²) in [5, 5.41) is 5.22. The van der Waals surface area contributed by atoms with Gasteiger partial charge in [0.2, 0.25) is 0 Å². The number of aromatic nitrogens is 2. The van der Waals surface area contributed by atoms with Gasteiger partial charge in [-0.1, -0.05) is 41.4 Å². The number of rotatable bonds is 6. The van der Waals surface area contributed by atoms with E-state index in [2.05, 4.69) is 5.10 Å². The van der Waals surface area contributed by atoms with Gasteiger partial charge in [-0.15, -0.1) is 0 Å². The van der Waals surface area contributed by atoms with Gasteiger partial charge in [-0.3, -0.25) is 9.48 Å². The number of ether oxygens (including phenoxy) is 1. The zero-order valence-electron chi connectivity index (χ0n) is 15.9. The van der Waals surface area contributed by atoms with Crippen molar-refractivity contribution in [2.45, 2.75) is 20.1 Å². The minimum Gasteiger partial charge on any atom is -0.487 e. The van der Waals surface area contributed by atoms with Crippen LogP contribution in [0.1, 0.15) is 27.2 Å². The Kier molecular flexibility index (Phi) is 6.27. The highest BCUT2D eigenvalue weighted by molar-refractivity contribution is 6.32. The maximum atomic E-state index is 12.7. The van der Waals surface area contributed by atoms with Gasteiger partial charge in [0.05, 0.1) is 28.5 Å². The highest BCUT2D eigenvalue weighted by Crippen LogP contribution is 2.26. The van der Waals surface area contributed by atoms with E-state index in [-0.39, 0.29) is 5.91 Å². The summed E-state index contributed by atoms with van der Waals surface area (Å²) in [6, 6.07) is 13.0. The average molecular weight is 418 g/mol. The lowest BCUT2D eigenvalue weighted by Gasteiger charge is -2.18. The van der Waals surface area contributed by atoms with E-state index in [1.165, 1.54) is 0 Å². The number of hydrogen-bond acceptors (Lipinski definition) is 3. The normalized spacial score (nSPS) is 10.8. The molecule has 28 heavy (non-hydrogen) atoms. The van der Waals surface area contributed by atoms with Gasteiger partial charge in [-0.2, -0.15) is 5.10 Å². The second-order valence-corrected chi connectivity index (χ2v) is 7.46. The van der Waals surface area contributed by atoms with Crippen molar-refractivity contribution < 1.29 is 9.53 Å². The zero-order chi connectivity index (χ0) is 20.3. The van der Waals surface area contributed by atoms with Crippen LogP contribution in [0.2, 0.25) is 10.0 Å². The molecule has 0 N–H and O–H groups in total. The fraction of sp³-hybridized carbons (Fsp3) is 0.238. The Morgan fingerprint density at radius 3 is 2.50 bits per heavy atom. The Bertz CT molecular complexity index is 964. The number of nitrogens with zero attached hydrogens (tertiary/aromatic N) is 3. The summed E-state index contributed by atoms with van der Waals surface area (Å²) in [5.74, 6) is 0.557. The molecule has 1 amide bonds. The second-order valence-electron chi connectivity index (χ2n) is 6.64. The third-order valence-electron chi connectivity index (χ3n) is 4.43. The molecule has 0 aliphatic carbocycles. The number of amides is 1. The van der Waals surface area contributed by atoms with E-state index < -0.39 is 0 Å². The summed E-state index contributed by atoms with van der Waals surface area (Å²) in [6.07, 6.45) is 1.57. The van der Waals surface area contributed by atoms with Crippen LogP contribution in [-0.2, 0) is 20.2 Å². The van der Waals surface area contributed by atoms with Crippen LogP contribution in [0.15, 0.2) is 48.7 Å². The van der Waals surface area contributed by atoms with E-state index in [9.17, 15) is 4.79 Å². The van der Waals surface area contributed by atoms with Crippen LogP contribution in [0.5, 0.6) is 5.75 Å². The number of halogens is 2.